The summed E-state index contributed by atoms with van der Waals surface area (Å²) in [6, 6.07) is 0.320. The minimum absolute atomic E-state index is 0.0369. The molecule has 1 spiro atoms. The van der Waals surface area contributed by atoms with E-state index in [-0.39, 0.29) is 29.5 Å². The van der Waals surface area contributed by atoms with Gasteiger partial charge in [0.1, 0.15) is 12.2 Å². The fourth-order valence-corrected chi connectivity index (χ4v) is 6.81. The lowest BCUT2D eigenvalue weighted by Gasteiger charge is -2.49. The van der Waals surface area contributed by atoms with Crippen LogP contribution in [0.2, 0.25) is 0 Å². The topological polar surface area (TPSA) is 206 Å². The van der Waals surface area contributed by atoms with Crippen LogP contribution in [-0.4, -0.2) is 153 Å². The molecule has 16 heteroatoms. The first kappa shape index (κ1) is 36.7. The Morgan fingerprint density at radius 1 is 1.26 bits per heavy atom. The molecular weight excluding hydrogens is 670 g/mol. The Balaban J connectivity index is 1.48. The summed E-state index contributed by atoms with van der Waals surface area (Å²) >= 11 is 3.22. The van der Waals surface area contributed by atoms with Gasteiger partial charge in [0.2, 0.25) is 5.91 Å². The Labute approximate surface area is 277 Å². The molecule has 0 saturated carbocycles. The Hall–Kier alpha value is -2.15. The van der Waals surface area contributed by atoms with Gasteiger partial charge in [-0.05, 0) is 49.2 Å². The molecule has 7 N–H and O–H groups in total. The van der Waals surface area contributed by atoms with Crippen LogP contribution >= 0.6 is 15.9 Å². The van der Waals surface area contributed by atoms with Crippen molar-refractivity contribution in [3.63, 3.8) is 0 Å². The standard InChI is InChI=1S/C30H48BrN5O10/c1-18(37)34-23-20(38)12-30(27(42)43,46-25(23)24(40)21(39)14-33-26(41)19-11-22(31)32-13-19)6-8-36-9-10-44-16-29(36)5-7-35(15-29)17-45-28(2,3)4/h11,13,20-21,23-25,32,38-40H,5-10,12,14-17H2,1-4H3,(H,33,41)(H,34,37)(H,42,43)/t20-,21+,23+,24+,25+,29-,30+/m0/s1. The van der Waals surface area contributed by atoms with Crippen LogP contribution in [0.5, 0.6) is 0 Å². The number of rotatable bonds is 12. The van der Waals surface area contributed by atoms with E-state index < -0.39 is 60.4 Å². The van der Waals surface area contributed by atoms with Gasteiger partial charge < -0.3 is 50.3 Å². The van der Waals surface area contributed by atoms with E-state index in [1.807, 2.05) is 20.8 Å². The number of H-pyrrole nitrogens is 1. The molecule has 4 heterocycles. The average Bonchev–Trinajstić information content (AvgIpc) is 3.61. The van der Waals surface area contributed by atoms with Crippen LogP contribution in [0.15, 0.2) is 16.9 Å². The number of likely N-dealkylation sites (tertiary alicyclic amines) is 1. The molecule has 0 aromatic carbocycles. The molecule has 3 aliphatic heterocycles. The summed E-state index contributed by atoms with van der Waals surface area (Å²) in [6.45, 7) is 10.6. The highest BCUT2D eigenvalue weighted by Gasteiger charge is 2.55. The summed E-state index contributed by atoms with van der Waals surface area (Å²) in [6.07, 6.45) is -4.45. The number of amides is 2. The maximum atomic E-state index is 12.9. The second kappa shape index (κ2) is 15.0. The third kappa shape index (κ3) is 8.85. The SMILES string of the molecule is CC(=O)N[C@H]1[C@H]([C@H](O)[C@H](O)CNC(=O)c2c[nH]c(Br)c2)O[C@@](CCN2CCOC[C@@]23CCN(COC(C)(C)C)C3)(C(=O)O)C[C@@H]1O. The third-order valence-electron chi connectivity index (χ3n) is 8.97. The minimum Gasteiger partial charge on any atom is -0.479 e. The Bertz CT molecular complexity index is 1230. The molecule has 3 saturated heterocycles. The second-order valence-electron chi connectivity index (χ2n) is 13.6. The van der Waals surface area contributed by atoms with Crippen molar-refractivity contribution >= 4 is 33.7 Å². The van der Waals surface area contributed by atoms with Gasteiger partial charge in [-0.25, -0.2) is 4.79 Å². The molecule has 0 unspecified atom stereocenters. The van der Waals surface area contributed by atoms with Crippen molar-refractivity contribution in [3.8, 4) is 0 Å². The van der Waals surface area contributed by atoms with Gasteiger partial charge in [-0.15, -0.1) is 0 Å². The number of morpholine rings is 1. The molecule has 1 aromatic rings. The predicted molar refractivity (Wildman–Crippen MR) is 168 cm³/mol. The molecule has 15 nitrogen and oxygen atoms in total. The Morgan fingerprint density at radius 2 is 2.00 bits per heavy atom. The van der Waals surface area contributed by atoms with Crippen LogP contribution in [0, 0.1) is 0 Å². The van der Waals surface area contributed by atoms with Crippen LogP contribution < -0.4 is 10.6 Å². The van der Waals surface area contributed by atoms with Crippen LogP contribution in [0.1, 0.15) is 57.3 Å². The monoisotopic (exact) mass is 717 g/mol. The number of hydrogen-bond acceptors (Lipinski definition) is 11. The molecule has 46 heavy (non-hydrogen) atoms. The number of ether oxygens (including phenoxy) is 3. The fourth-order valence-electron chi connectivity index (χ4n) is 6.44. The third-order valence-corrected chi connectivity index (χ3v) is 9.42. The number of carboxylic acid groups (broad SMARTS) is 1. The summed E-state index contributed by atoms with van der Waals surface area (Å²) in [4.78, 5) is 44.6. The number of carbonyl (C=O) groups is 3. The van der Waals surface area contributed by atoms with Crippen molar-refractivity contribution in [3.05, 3.63) is 22.4 Å². The van der Waals surface area contributed by atoms with E-state index in [4.69, 9.17) is 14.2 Å². The zero-order valence-electron chi connectivity index (χ0n) is 26.8. The van der Waals surface area contributed by atoms with E-state index in [0.29, 0.717) is 44.2 Å². The summed E-state index contributed by atoms with van der Waals surface area (Å²) in [5.74, 6) is -2.39. The maximum Gasteiger partial charge on any atom is 0.336 e. The number of aliphatic hydroxyl groups excluding tert-OH is 3. The first-order chi connectivity index (χ1) is 21.5. The Kier molecular flexibility index (Phi) is 11.9. The molecule has 0 radical (unpaired) electrons. The van der Waals surface area contributed by atoms with Crippen LogP contribution in [-0.2, 0) is 23.8 Å². The highest BCUT2D eigenvalue weighted by molar-refractivity contribution is 9.10. The molecule has 2 amide bonds. The largest absolute Gasteiger partial charge is 0.479 e. The molecule has 0 aliphatic carbocycles. The zero-order chi connectivity index (χ0) is 33.9. The quantitative estimate of drug-likeness (QED) is 0.148. The number of carboxylic acids is 1. The first-order valence-corrected chi connectivity index (χ1v) is 16.4. The van der Waals surface area contributed by atoms with Crippen LogP contribution in [0.3, 0.4) is 0 Å². The van der Waals surface area contributed by atoms with Crippen LogP contribution in [0.4, 0.5) is 0 Å². The molecule has 3 aliphatic rings. The fraction of sp³-hybridized carbons (Fsp3) is 0.767. The van der Waals surface area contributed by atoms with Crippen LogP contribution in [0.25, 0.3) is 0 Å². The van der Waals surface area contributed by atoms with E-state index >= 15 is 0 Å². The number of aliphatic carboxylic acids is 1. The summed E-state index contributed by atoms with van der Waals surface area (Å²) in [5.41, 5.74) is -2.30. The molecular formula is C30H48BrN5O10. The number of aromatic nitrogens is 1. The summed E-state index contributed by atoms with van der Waals surface area (Å²) in [7, 11) is 0. The maximum absolute atomic E-state index is 12.9. The van der Waals surface area contributed by atoms with E-state index in [9.17, 15) is 34.8 Å². The van der Waals surface area contributed by atoms with Crippen molar-refractivity contribution in [1.82, 2.24) is 25.4 Å². The summed E-state index contributed by atoms with van der Waals surface area (Å²) < 4.78 is 18.6. The van der Waals surface area contributed by atoms with Gasteiger partial charge in [0, 0.05) is 58.7 Å². The minimum atomic E-state index is -1.94. The number of nitrogens with zero attached hydrogens (tertiary/aromatic N) is 2. The van der Waals surface area contributed by atoms with Crippen molar-refractivity contribution in [1.29, 1.82) is 0 Å². The smallest absolute Gasteiger partial charge is 0.336 e. The molecule has 7 atom stereocenters. The number of aliphatic hydroxyl groups is 3. The van der Waals surface area contributed by atoms with Gasteiger partial charge >= 0.3 is 5.97 Å². The predicted octanol–water partition coefficient (Wildman–Crippen LogP) is -0.354. The lowest BCUT2D eigenvalue weighted by molar-refractivity contribution is -0.231. The number of halogens is 1. The molecule has 4 rings (SSSR count). The second-order valence-corrected chi connectivity index (χ2v) is 14.4. The number of hydrogen-bond donors (Lipinski definition) is 7. The molecule has 0 bridgehead atoms. The van der Waals surface area contributed by atoms with Gasteiger partial charge in [0.15, 0.2) is 5.60 Å². The van der Waals surface area contributed by atoms with Gasteiger partial charge in [-0.2, -0.15) is 0 Å². The normalized spacial score (nSPS) is 30.7. The van der Waals surface area contributed by atoms with Gasteiger partial charge in [0.25, 0.3) is 5.91 Å². The van der Waals surface area contributed by atoms with Gasteiger partial charge in [0.05, 0.1) is 59.5 Å². The molecule has 3 fully saturated rings. The summed E-state index contributed by atoms with van der Waals surface area (Å²) in [5, 5.41) is 48.8. The molecule has 1 aromatic heterocycles. The van der Waals surface area contributed by atoms with Gasteiger partial charge in [-0.3, -0.25) is 19.4 Å². The van der Waals surface area contributed by atoms with E-state index in [1.165, 1.54) is 19.2 Å². The average molecular weight is 719 g/mol. The van der Waals surface area contributed by atoms with Gasteiger partial charge in [-0.1, -0.05) is 0 Å². The first-order valence-electron chi connectivity index (χ1n) is 15.6. The van der Waals surface area contributed by atoms with E-state index in [0.717, 1.165) is 13.0 Å². The number of carbonyl (C=O) groups excluding carboxylic acids is 2. The Morgan fingerprint density at radius 3 is 2.63 bits per heavy atom. The number of aromatic amines is 1. The number of nitrogens with one attached hydrogen (secondary N) is 3. The van der Waals surface area contributed by atoms with E-state index in [2.05, 4.69) is 41.3 Å². The highest BCUT2D eigenvalue weighted by Crippen LogP contribution is 2.37. The van der Waals surface area contributed by atoms with Crippen molar-refractivity contribution in [2.75, 3.05) is 52.7 Å². The van der Waals surface area contributed by atoms with Crippen molar-refractivity contribution in [2.45, 2.75) is 94.2 Å². The molecule has 260 valence electrons. The lowest BCUT2D eigenvalue weighted by atomic mass is 9.81. The zero-order valence-corrected chi connectivity index (χ0v) is 28.4. The lowest BCUT2D eigenvalue weighted by Crippen LogP contribution is -2.68. The highest BCUT2D eigenvalue weighted by atomic mass is 79.9. The van der Waals surface area contributed by atoms with Crippen molar-refractivity contribution in [2.24, 2.45) is 0 Å². The van der Waals surface area contributed by atoms with Crippen molar-refractivity contribution < 1.29 is 49.0 Å². The van der Waals surface area contributed by atoms with E-state index in [1.54, 1.807) is 0 Å².